The summed E-state index contributed by atoms with van der Waals surface area (Å²) in [7, 11) is 1.97. The van der Waals surface area contributed by atoms with E-state index in [0.29, 0.717) is 16.5 Å². The van der Waals surface area contributed by atoms with E-state index in [0.717, 1.165) is 27.7 Å². The molecule has 0 aliphatic carbocycles. The van der Waals surface area contributed by atoms with E-state index < -0.39 is 5.92 Å². The number of aromatic nitrogens is 1. The van der Waals surface area contributed by atoms with Crippen molar-refractivity contribution in [1.82, 2.24) is 4.57 Å². The zero-order valence-corrected chi connectivity index (χ0v) is 14.4. The number of aryl methyl sites for hydroxylation is 1. The summed E-state index contributed by atoms with van der Waals surface area (Å²) >= 11 is 12.2. The second-order valence-electron chi connectivity index (χ2n) is 5.57. The Hall–Kier alpha value is -2.46. The van der Waals surface area contributed by atoms with Gasteiger partial charge in [0.05, 0.1) is 17.8 Å². The molecule has 3 aromatic rings. The molecular formula is C19H13Cl2N3. The maximum Gasteiger partial charge on any atom is 0.137 e. The van der Waals surface area contributed by atoms with Crippen LogP contribution in [0.15, 0.2) is 42.5 Å². The lowest BCUT2D eigenvalue weighted by Crippen LogP contribution is -2.01. The summed E-state index contributed by atoms with van der Waals surface area (Å²) in [5.74, 6) is -0.708. The number of halogens is 2. The highest BCUT2D eigenvalue weighted by Gasteiger charge is 2.20. The fraction of sp³-hybridized carbons (Fsp3) is 0.158. The van der Waals surface area contributed by atoms with Crippen LogP contribution in [-0.2, 0) is 13.5 Å². The molecule has 24 heavy (non-hydrogen) atoms. The van der Waals surface area contributed by atoms with Gasteiger partial charge in [-0.1, -0.05) is 35.3 Å². The normalized spacial score (nSPS) is 10.8. The smallest absolute Gasteiger partial charge is 0.137 e. The Morgan fingerprint density at radius 1 is 1.00 bits per heavy atom. The topological polar surface area (TPSA) is 52.5 Å². The number of fused-ring (bicyclic) bond motifs is 1. The minimum Gasteiger partial charge on any atom is -0.343 e. The first-order valence-electron chi connectivity index (χ1n) is 7.37. The van der Waals surface area contributed by atoms with Crippen molar-refractivity contribution in [1.29, 1.82) is 10.5 Å². The van der Waals surface area contributed by atoms with Crippen molar-refractivity contribution in [3.8, 4) is 23.4 Å². The van der Waals surface area contributed by atoms with Crippen molar-refractivity contribution in [3.63, 3.8) is 0 Å². The van der Waals surface area contributed by atoms with E-state index >= 15 is 0 Å². The minimum absolute atomic E-state index is 0.350. The predicted octanol–water partition coefficient (Wildman–Crippen LogP) is 5.36. The van der Waals surface area contributed by atoms with Gasteiger partial charge in [-0.25, -0.2) is 0 Å². The minimum atomic E-state index is -0.708. The molecule has 118 valence electrons. The van der Waals surface area contributed by atoms with Crippen LogP contribution in [-0.4, -0.2) is 4.57 Å². The zero-order valence-electron chi connectivity index (χ0n) is 12.9. The second-order valence-corrected chi connectivity index (χ2v) is 6.44. The van der Waals surface area contributed by atoms with Crippen LogP contribution < -0.4 is 0 Å². The van der Waals surface area contributed by atoms with E-state index in [9.17, 15) is 10.5 Å². The molecule has 3 rings (SSSR count). The summed E-state index contributed by atoms with van der Waals surface area (Å²) in [5, 5.41) is 20.6. The Morgan fingerprint density at radius 3 is 2.25 bits per heavy atom. The fourth-order valence-electron chi connectivity index (χ4n) is 3.00. The molecule has 3 nitrogen and oxygen atoms in total. The van der Waals surface area contributed by atoms with E-state index in [1.165, 1.54) is 0 Å². The number of rotatable bonds is 3. The van der Waals surface area contributed by atoms with Crippen LogP contribution in [0.4, 0.5) is 0 Å². The van der Waals surface area contributed by atoms with Crippen molar-refractivity contribution in [2.24, 2.45) is 13.0 Å². The first kappa shape index (κ1) is 16.4. The van der Waals surface area contributed by atoms with E-state index in [-0.39, 0.29) is 0 Å². The van der Waals surface area contributed by atoms with E-state index in [2.05, 4.69) is 16.7 Å². The summed E-state index contributed by atoms with van der Waals surface area (Å²) in [4.78, 5) is 0. The van der Waals surface area contributed by atoms with Crippen molar-refractivity contribution >= 4 is 34.1 Å². The van der Waals surface area contributed by atoms with Crippen LogP contribution >= 0.6 is 23.2 Å². The monoisotopic (exact) mass is 353 g/mol. The second kappa shape index (κ2) is 6.57. The van der Waals surface area contributed by atoms with Gasteiger partial charge < -0.3 is 4.57 Å². The number of nitrogens with zero attached hydrogens (tertiary/aromatic N) is 3. The molecule has 2 aromatic carbocycles. The Kier molecular flexibility index (Phi) is 4.49. The van der Waals surface area contributed by atoms with Gasteiger partial charge in [0.15, 0.2) is 0 Å². The number of hydrogen-bond donors (Lipinski definition) is 0. The van der Waals surface area contributed by atoms with Crippen LogP contribution in [0.1, 0.15) is 5.56 Å². The quantitative estimate of drug-likeness (QED) is 0.636. The highest BCUT2D eigenvalue weighted by molar-refractivity contribution is 6.31. The Bertz CT molecular complexity index is 975. The molecule has 0 spiro atoms. The number of hydrogen-bond acceptors (Lipinski definition) is 2. The van der Waals surface area contributed by atoms with Crippen LogP contribution in [0.5, 0.6) is 0 Å². The molecule has 0 saturated carbocycles. The van der Waals surface area contributed by atoms with Crippen molar-refractivity contribution in [2.75, 3.05) is 0 Å². The Morgan fingerprint density at radius 2 is 1.62 bits per heavy atom. The molecule has 0 radical (unpaired) electrons. The largest absolute Gasteiger partial charge is 0.343 e. The fourth-order valence-corrected chi connectivity index (χ4v) is 3.30. The van der Waals surface area contributed by atoms with Gasteiger partial charge in [-0.3, -0.25) is 0 Å². The Labute approximate surface area is 150 Å². The van der Waals surface area contributed by atoms with Gasteiger partial charge in [0, 0.05) is 34.4 Å². The molecule has 0 fully saturated rings. The first-order chi connectivity index (χ1) is 11.5. The molecule has 5 heteroatoms. The van der Waals surface area contributed by atoms with Gasteiger partial charge in [0.25, 0.3) is 0 Å². The Balaban J connectivity index is 2.30. The predicted molar refractivity (Wildman–Crippen MR) is 96.8 cm³/mol. The third kappa shape index (κ3) is 2.85. The maximum atomic E-state index is 9.20. The molecule has 0 N–H and O–H groups in total. The molecule has 1 heterocycles. The van der Waals surface area contributed by atoms with Gasteiger partial charge in [-0.05, 0) is 41.5 Å². The van der Waals surface area contributed by atoms with Crippen molar-refractivity contribution in [2.45, 2.75) is 6.42 Å². The third-order valence-corrected chi connectivity index (χ3v) is 4.59. The molecule has 1 aromatic heterocycles. The molecule has 0 saturated heterocycles. The first-order valence-corrected chi connectivity index (χ1v) is 8.12. The van der Waals surface area contributed by atoms with Gasteiger partial charge in [0.1, 0.15) is 5.92 Å². The number of benzene rings is 2. The summed E-state index contributed by atoms with van der Waals surface area (Å²) in [6.07, 6.45) is 0.350. The van der Waals surface area contributed by atoms with E-state index in [4.69, 9.17) is 23.2 Å². The standard InChI is InChI=1S/C19H13Cl2N3/c1-24-18-7-6-15(21)9-16(18)17(8-12(10-22)11-23)19(24)13-2-4-14(20)5-3-13/h2-7,9,12H,8H2,1H3. The summed E-state index contributed by atoms with van der Waals surface area (Å²) in [5.41, 5.74) is 3.91. The van der Waals surface area contributed by atoms with Crippen LogP contribution in [0.2, 0.25) is 10.0 Å². The van der Waals surface area contributed by atoms with Crippen LogP contribution in [0.3, 0.4) is 0 Å². The lowest BCUT2D eigenvalue weighted by molar-refractivity contribution is 0.834. The lowest BCUT2D eigenvalue weighted by atomic mass is 9.96. The summed E-state index contributed by atoms with van der Waals surface area (Å²) in [6, 6.07) is 17.3. The summed E-state index contributed by atoms with van der Waals surface area (Å²) < 4.78 is 2.07. The third-order valence-electron chi connectivity index (χ3n) is 4.10. The van der Waals surface area contributed by atoms with E-state index in [1.807, 2.05) is 49.5 Å². The van der Waals surface area contributed by atoms with Gasteiger partial charge >= 0.3 is 0 Å². The molecule has 0 aliphatic heterocycles. The average Bonchev–Trinajstić information content (AvgIpc) is 2.85. The maximum absolute atomic E-state index is 9.20. The molecule has 0 unspecified atom stereocenters. The van der Waals surface area contributed by atoms with Gasteiger partial charge in [0.2, 0.25) is 0 Å². The average molecular weight is 354 g/mol. The van der Waals surface area contributed by atoms with Crippen LogP contribution in [0, 0.1) is 28.6 Å². The van der Waals surface area contributed by atoms with Gasteiger partial charge in [-0.15, -0.1) is 0 Å². The highest BCUT2D eigenvalue weighted by Crippen LogP contribution is 2.36. The summed E-state index contributed by atoms with van der Waals surface area (Å²) in [6.45, 7) is 0. The molecule has 0 amide bonds. The van der Waals surface area contributed by atoms with Crippen molar-refractivity contribution in [3.05, 3.63) is 58.1 Å². The SMILES string of the molecule is Cn1c(-c2ccc(Cl)cc2)c(CC(C#N)C#N)c2cc(Cl)ccc21. The zero-order chi connectivity index (χ0) is 17.3. The van der Waals surface area contributed by atoms with Crippen LogP contribution in [0.25, 0.3) is 22.2 Å². The number of nitriles is 2. The van der Waals surface area contributed by atoms with Gasteiger partial charge in [-0.2, -0.15) is 10.5 Å². The van der Waals surface area contributed by atoms with E-state index in [1.54, 1.807) is 0 Å². The molecule has 0 bridgehead atoms. The molecule has 0 atom stereocenters. The lowest BCUT2D eigenvalue weighted by Gasteiger charge is -2.09. The molecule has 0 aliphatic rings. The highest BCUT2D eigenvalue weighted by atomic mass is 35.5. The van der Waals surface area contributed by atoms with Crippen molar-refractivity contribution < 1.29 is 0 Å². The molecular weight excluding hydrogens is 341 g/mol.